The van der Waals surface area contributed by atoms with E-state index in [4.69, 9.17) is 9.88 Å². The van der Waals surface area contributed by atoms with Crippen LogP contribution in [0.2, 0.25) is 0 Å². The van der Waals surface area contributed by atoms with Gasteiger partial charge in [0.25, 0.3) is 0 Å². The van der Waals surface area contributed by atoms with Crippen LogP contribution in [-0.4, -0.2) is 15.0 Å². The Hall–Kier alpha value is -1.59. The second-order valence-corrected chi connectivity index (χ2v) is 6.24. The van der Waals surface area contributed by atoms with Gasteiger partial charge in [0.15, 0.2) is 0 Å². The third-order valence-electron chi connectivity index (χ3n) is 3.16. The van der Waals surface area contributed by atoms with E-state index in [0.717, 1.165) is 24.6 Å². The molecule has 0 aliphatic carbocycles. The van der Waals surface area contributed by atoms with E-state index in [-0.39, 0.29) is 4.90 Å². The topological polar surface area (TPSA) is 69.4 Å². The average molecular weight is 293 g/mol. The van der Waals surface area contributed by atoms with Crippen molar-refractivity contribution in [3.63, 3.8) is 0 Å². The summed E-state index contributed by atoms with van der Waals surface area (Å²) < 4.78 is 28.9. The highest BCUT2D eigenvalue weighted by Gasteiger charge is 2.14. The molecule has 0 radical (unpaired) electrons. The molecule has 0 bridgehead atoms. The number of nitrogens with two attached hydrogens (primary N) is 1. The Balaban J connectivity index is 2.39. The van der Waals surface area contributed by atoms with E-state index in [1.165, 1.54) is 6.07 Å². The summed E-state index contributed by atoms with van der Waals surface area (Å²) in [6.07, 6.45) is 3.24. The zero-order valence-electron chi connectivity index (χ0n) is 11.5. The summed E-state index contributed by atoms with van der Waals surface area (Å²) in [5, 5.41) is 6.62. The Kier molecular flexibility index (Phi) is 4.62. The monoisotopic (exact) mass is 293 g/mol. The molecule has 0 aliphatic rings. The lowest BCUT2D eigenvalue weighted by Crippen LogP contribution is -2.12. The standard InChI is InChI=1S/C15H19NO3S/c1-2-3-6-11-19-14-9-10-15(20(16,17)18)13-8-5-4-7-12(13)14/h4-5,7-10H,2-3,6,11H2,1H3,(H2,16,17,18). The summed E-state index contributed by atoms with van der Waals surface area (Å²) in [5.74, 6) is 0.698. The molecule has 20 heavy (non-hydrogen) atoms. The van der Waals surface area contributed by atoms with Crippen molar-refractivity contribution in [2.75, 3.05) is 6.61 Å². The van der Waals surface area contributed by atoms with E-state index in [9.17, 15) is 8.42 Å². The normalized spacial score (nSPS) is 11.7. The van der Waals surface area contributed by atoms with Gasteiger partial charge < -0.3 is 4.74 Å². The highest BCUT2D eigenvalue weighted by atomic mass is 32.2. The van der Waals surface area contributed by atoms with Crippen LogP contribution < -0.4 is 9.88 Å². The summed E-state index contributed by atoms with van der Waals surface area (Å²) in [4.78, 5) is 0.133. The fourth-order valence-electron chi connectivity index (χ4n) is 2.15. The predicted molar refractivity (Wildman–Crippen MR) is 80.3 cm³/mol. The second-order valence-electron chi connectivity index (χ2n) is 4.71. The number of rotatable bonds is 6. The lowest BCUT2D eigenvalue weighted by atomic mass is 10.1. The Labute approximate surface area is 119 Å². The molecule has 2 rings (SSSR count). The molecule has 2 N–H and O–H groups in total. The molecule has 2 aromatic rings. The van der Waals surface area contributed by atoms with Crippen molar-refractivity contribution in [2.24, 2.45) is 5.14 Å². The number of hydrogen-bond donors (Lipinski definition) is 1. The van der Waals surface area contributed by atoms with E-state index in [1.54, 1.807) is 18.2 Å². The first-order valence-corrected chi connectivity index (χ1v) is 8.26. The molecule has 0 saturated carbocycles. The van der Waals surface area contributed by atoms with Crippen LogP contribution in [0.3, 0.4) is 0 Å². The second kappa shape index (κ2) is 6.24. The number of benzene rings is 2. The Morgan fingerprint density at radius 2 is 1.75 bits per heavy atom. The first-order chi connectivity index (χ1) is 9.54. The van der Waals surface area contributed by atoms with Gasteiger partial charge in [-0.25, -0.2) is 13.6 Å². The van der Waals surface area contributed by atoms with Gasteiger partial charge in [0.2, 0.25) is 10.0 Å². The van der Waals surface area contributed by atoms with Crippen molar-refractivity contribution in [1.82, 2.24) is 0 Å². The lowest BCUT2D eigenvalue weighted by Gasteiger charge is -2.11. The zero-order chi connectivity index (χ0) is 14.6. The summed E-state index contributed by atoms with van der Waals surface area (Å²) in [5.41, 5.74) is 0. The molecule has 0 saturated heterocycles. The molecule has 5 heteroatoms. The Morgan fingerprint density at radius 3 is 2.40 bits per heavy atom. The molecule has 0 heterocycles. The highest BCUT2D eigenvalue weighted by molar-refractivity contribution is 7.89. The lowest BCUT2D eigenvalue weighted by molar-refractivity contribution is 0.309. The minimum atomic E-state index is -3.73. The van der Waals surface area contributed by atoms with Crippen molar-refractivity contribution >= 4 is 20.8 Å². The molecule has 108 valence electrons. The number of ether oxygens (including phenoxy) is 1. The first kappa shape index (κ1) is 14.8. The van der Waals surface area contributed by atoms with Crippen molar-refractivity contribution in [3.8, 4) is 5.75 Å². The van der Waals surface area contributed by atoms with Crippen LogP contribution in [0, 0.1) is 0 Å². The summed E-state index contributed by atoms with van der Waals surface area (Å²) in [6, 6.07) is 10.4. The van der Waals surface area contributed by atoms with E-state index < -0.39 is 10.0 Å². The number of sulfonamides is 1. The summed E-state index contributed by atoms with van der Waals surface area (Å²) in [6.45, 7) is 2.77. The minimum Gasteiger partial charge on any atom is -0.493 e. The van der Waals surface area contributed by atoms with Crippen LogP contribution in [0.25, 0.3) is 10.8 Å². The van der Waals surface area contributed by atoms with E-state index in [0.29, 0.717) is 17.7 Å². The largest absolute Gasteiger partial charge is 0.493 e. The van der Waals surface area contributed by atoms with E-state index in [1.807, 2.05) is 12.1 Å². The van der Waals surface area contributed by atoms with Gasteiger partial charge in [-0.15, -0.1) is 0 Å². The van der Waals surface area contributed by atoms with Gasteiger partial charge >= 0.3 is 0 Å². The maximum atomic E-state index is 11.6. The molecule has 0 spiro atoms. The molecule has 0 unspecified atom stereocenters. The number of primary sulfonamides is 1. The summed E-state index contributed by atoms with van der Waals surface area (Å²) in [7, 11) is -3.73. The smallest absolute Gasteiger partial charge is 0.238 e. The first-order valence-electron chi connectivity index (χ1n) is 6.71. The highest BCUT2D eigenvalue weighted by Crippen LogP contribution is 2.30. The van der Waals surface area contributed by atoms with Crippen LogP contribution in [0.4, 0.5) is 0 Å². The molecule has 2 aromatic carbocycles. The number of unbranched alkanes of at least 4 members (excludes halogenated alkanes) is 2. The van der Waals surface area contributed by atoms with Crippen LogP contribution in [0.5, 0.6) is 5.75 Å². The van der Waals surface area contributed by atoms with Gasteiger partial charge in [0.05, 0.1) is 11.5 Å². The van der Waals surface area contributed by atoms with Gasteiger partial charge in [-0.1, -0.05) is 44.0 Å². The summed E-state index contributed by atoms with van der Waals surface area (Å²) >= 11 is 0. The third kappa shape index (κ3) is 3.29. The zero-order valence-corrected chi connectivity index (χ0v) is 12.3. The molecule has 0 amide bonds. The van der Waals surface area contributed by atoms with Gasteiger partial charge in [0, 0.05) is 10.8 Å². The van der Waals surface area contributed by atoms with Gasteiger partial charge in [0.1, 0.15) is 5.75 Å². The Bertz CT molecular complexity index is 695. The molecule has 0 aliphatic heterocycles. The van der Waals surface area contributed by atoms with E-state index >= 15 is 0 Å². The van der Waals surface area contributed by atoms with Crippen molar-refractivity contribution < 1.29 is 13.2 Å². The third-order valence-corrected chi connectivity index (χ3v) is 4.13. The quantitative estimate of drug-likeness (QED) is 0.832. The van der Waals surface area contributed by atoms with Crippen LogP contribution in [0.15, 0.2) is 41.3 Å². The molecular formula is C15H19NO3S. The van der Waals surface area contributed by atoms with Gasteiger partial charge in [-0.2, -0.15) is 0 Å². The van der Waals surface area contributed by atoms with E-state index in [2.05, 4.69) is 6.92 Å². The fraction of sp³-hybridized carbons (Fsp3) is 0.333. The van der Waals surface area contributed by atoms with Gasteiger partial charge in [-0.3, -0.25) is 0 Å². The molecule has 4 nitrogen and oxygen atoms in total. The predicted octanol–water partition coefficient (Wildman–Crippen LogP) is 3.06. The van der Waals surface area contributed by atoms with Crippen LogP contribution in [0.1, 0.15) is 26.2 Å². The van der Waals surface area contributed by atoms with Crippen LogP contribution >= 0.6 is 0 Å². The fourth-order valence-corrected chi connectivity index (χ4v) is 2.89. The molecule has 0 fully saturated rings. The van der Waals surface area contributed by atoms with Crippen molar-refractivity contribution in [3.05, 3.63) is 36.4 Å². The van der Waals surface area contributed by atoms with Crippen LogP contribution in [-0.2, 0) is 10.0 Å². The van der Waals surface area contributed by atoms with Crippen molar-refractivity contribution in [2.45, 2.75) is 31.1 Å². The molecule has 0 atom stereocenters. The number of fused-ring (bicyclic) bond motifs is 1. The number of hydrogen-bond acceptors (Lipinski definition) is 3. The maximum Gasteiger partial charge on any atom is 0.238 e. The minimum absolute atomic E-state index is 0.133. The molecular weight excluding hydrogens is 274 g/mol. The molecule has 0 aromatic heterocycles. The average Bonchev–Trinajstić information content (AvgIpc) is 2.42. The van der Waals surface area contributed by atoms with Crippen molar-refractivity contribution in [1.29, 1.82) is 0 Å². The Morgan fingerprint density at radius 1 is 1.05 bits per heavy atom. The maximum absolute atomic E-state index is 11.6. The SMILES string of the molecule is CCCCCOc1ccc(S(N)(=O)=O)c2ccccc12. The van der Waals surface area contributed by atoms with Gasteiger partial charge in [-0.05, 0) is 18.6 Å².